The molecule has 1 aromatic carbocycles. The lowest BCUT2D eigenvalue weighted by Gasteiger charge is -2.01. The van der Waals surface area contributed by atoms with Crippen LogP contribution in [0.2, 0.25) is 0 Å². The second-order valence-corrected chi connectivity index (χ2v) is 3.63. The molecule has 0 fully saturated rings. The van der Waals surface area contributed by atoms with Crippen molar-refractivity contribution in [2.45, 2.75) is 0 Å². The predicted molar refractivity (Wildman–Crippen MR) is 63.7 cm³/mol. The number of hydrogen-bond donors (Lipinski definition) is 2. The number of rotatable bonds is 1. The fraction of sp³-hybridized carbons (Fsp3) is 0. The zero-order valence-electron chi connectivity index (χ0n) is 8.51. The number of hydrogen-bond acceptors (Lipinski definition) is 3. The molecule has 2 heterocycles. The zero-order valence-corrected chi connectivity index (χ0v) is 8.51. The number of aromatic nitrogens is 3. The number of H-pyrrole nitrogens is 1. The van der Waals surface area contributed by atoms with Gasteiger partial charge in [-0.3, -0.25) is 10.1 Å². The van der Waals surface area contributed by atoms with E-state index in [4.69, 9.17) is 5.73 Å². The molecule has 4 nitrogen and oxygen atoms in total. The summed E-state index contributed by atoms with van der Waals surface area (Å²) < 4.78 is 0. The normalized spacial score (nSPS) is 10.8. The maximum atomic E-state index is 5.79. The average Bonchev–Trinajstić information content (AvgIpc) is 2.75. The average molecular weight is 210 g/mol. The van der Waals surface area contributed by atoms with Gasteiger partial charge in [0.05, 0.1) is 6.20 Å². The molecule has 0 atom stereocenters. The lowest BCUT2D eigenvalue weighted by molar-refractivity contribution is 1.10. The van der Waals surface area contributed by atoms with Gasteiger partial charge >= 0.3 is 0 Å². The molecule has 2 aromatic heterocycles. The molecule has 0 saturated carbocycles. The quantitative estimate of drug-likeness (QED) is 0.647. The van der Waals surface area contributed by atoms with Crippen molar-refractivity contribution in [3.63, 3.8) is 0 Å². The molecule has 3 N–H and O–H groups in total. The Hall–Kier alpha value is -2.36. The minimum absolute atomic E-state index is 0.591. The standard InChI is InChI=1S/C12H10N4/c13-12-11(7-15-16-12)9-1-2-10-6-14-4-3-8(10)5-9/h1-7H,(H3,13,15,16). The Kier molecular flexibility index (Phi) is 1.86. The van der Waals surface area contributed by atoms with E-state index >= 15 is 0 Å². The molecule has 0 saturated heterocycles. The van der Waals surface area contributed by atoms with Gasteiger partial charge in [0.2, 0.25) is 0 Å². The third-order valence-corrected chi connectivity index (χ3v) is 2.62. The largest absolute Gasteiger partial charge is 0.384 e. The van der Waals surface area contributed by atoms with Crippen LogP contribution >= 0.6 is 0 Å². The number of nitrogen functional groups attached to an aromatic ring is 1. The van der Waals surface area contributed by atoms with Gasteiger partial charge in [0.1, 0.15) is 5.82 Å². The number of benzene rings is 1. The monoisotopic (exact) mass is 210 g/mol. The lowest BCUT2D eigenvalue weighted by Crippen LogP contribution is -1.87. The van der Waals surface area contributed by atoms with Crippen LogP contribution in [0.4, 0.5) is 5.82 Å². The van der Waals surface area contributed by atoms with E-state index in [0.717, 1.165) is 21.9 Å². The Morgan fingerprint density at radius 1 is 1.06 bits per heavy atom. The van der Waals surface area contributed by atoms with Crippen molar-refractivity contribution in [3.8, 4) is 11.1 Å². The molecule has 3 aromatic rings. The summed E-state index contributed by atoms with van der Waals surface area (Å²) in [6, 6.07) is 8.11. The fourth-order valence-electron chi connectivity index (χ4n) is 1.78. The van der Waals surface area contributed by atoms with E-state index in [-0.39, 0.29) is 0 Å². The molecule has 3 rings (SSSR count). The lowest BCUT2D eigenvalue weighted by atomic mass is 10.0. The summed E-state index contributed by atoms with van der Waals surface area (Å²) in [5.41, 5.74) is 7.78. The maximum Gasteiger partial charge on any atom is 0.126 e. The minimum Gasteiger partial charge on any atom is -0.384 e. The van der Waals surface area contributed by atoms with E-state index in [1.165, 1.54) is 0 Å². The molecule has 4 heteroatoms. The highest BCUT2D eigenvalue weighted by atomic mass is 15.1. The van der Waals surface area contributed by atoms with Crippen molar-refractivity contribution in [3.05, 3.63) is 42.9 Å². The molecule has 0 radical (unpaired) electrons. The Labute approximate surface area is 92.1 Å². The summed E-state index contributed by atoms with van der Waals surface area (Å²) in [7, 11) is 0. The summed E-state index contributed by atoms with van der Waals surface area (Å²) >= 11 is 0. The zero-order chi connectivity index (χ0) is 11.0. The molecule has 0 amide bonds. The molecule has 78 valence electrons. The van der Waals surface area contributed by atoms with Crippen LogP contribution in [-0.2, 0) is 0 Å². The molecule has 0 unspecified atom stereocenters. The summed E-state index contributed by atoms with van der Waals surface area (Å²) in [5, 5.41) is 8.91. The van der Waals surface area contributed by atoms with Gasteiger partial charge in [-0.25, -0.2) is 0 Å². The van der Waals surface area contributed by atoms with E-state index in [1.54, 1.807) is 12.4 Å². The Morgan fingerprint density at radius 2 is 2.00 bits per heavy atom. The van der Waals surface area contributed by atoms with E-state index in [9.17, 15) is 0 Å². The van der Waals surface area contributed by atoms with Crippen molar-refractivity contribution in [2.24, 2.45) is 0 Å². The number of nitrogens with two attached hydrogens (primary N) is 1. The topological polar surface area (TPSA) is 67.6 Å². The van der Waals surface area contributed by atoms with Gasteiger partial charge in [-0.2, -0.15) is 5.10 Å². The number of fused-ring (bicyclic) bond motifs is 1. The van der Waals surface area contributed by atoms with Crippen LogP contribution in [0.15, 0.2) is 42.9 Å². The molecule has 0 aliphatic carbocycles. The molecule has 0 aliphatic rings. The molecule has 0 bridgehead atoms. The van der Waals surface area contributed by atoms with E-state index < -0.39 is 0 Å². The van der Waals surface area contributed by atoms with Crippen LogP contribution < -0.4 is 5.73 Å². The maximum absolute atomic E-state index is 5.79. The van der Waals surface area contributed by atoms with Gasteiger partial charge in [0.25, 0.3) is 0 Å². The predicted octanol–water partition coefficient (Wildman–Crippen LogP) is 2.21. The Bertz CT molecular complexity index is 642. The van der Waals surface area contributed by atoms with Crippen molar-refractivity contribution in [1.82, 2.24) is 15.2 Å². The second kappa shape index (κ2) is 3.34. The van der Waals surface area contributed by atoms with Gasteiger partial charge < -0.3 is 5.73 Å². The molecule has 0 aliphatic heterocycles. The molecular formula is C12H10N4. The van der Waals surface area contributed by atoms with Crippen LogP contribution in [0.5, 0.6) is 0 Å². The third-order valence-electron chi connectivity index (χ3n) is 2.62. The molecule has 0 spiro atoms. The van der Waals surface area contributed by atoms with Crippen LogP contribution in [-0.4, -0.2) is 15.2 Å². The second-order valence-electron chi connectivity index (χ2n) is 3.63. The molecule has 16 heavy (non-hydrogen) atoms. The Balaban J connectivity index is 2.23. The SMILES string of the molecule is Nc1[nH]ncc1-c1ccc2cnccc2c1. The highest BCUT2D eigenvalue weighted by Gasteiger charge is 2.04. The van der Waals surface area contributed by atoms with Crippen LogP contribution in [0.1, 0.15) is 0 Å². The Morgan fingerprint density at radius 3 is 2.81 bits per heavy atom. The van der Waals surface area contributed by atoms with Gasteiger partial charge in [-0.1, -0.05) is 12.1 Å². The smallest absolute Gasteiger partial charge is 0.126 e. The first-order chi connectivity index (χ1) is 7.84. The highest BCUT2D eigenvalue weighted by Crippen LogP contribution is 2.26. The summed E-state index contributed by atoms with van der Waals surface area (Å²) in [4.78, 5) is 4.08. The minimum atomic E-state index is 0.591. The van der Waals surface area contributed by atoms with E-state index in [0.29, 0.717) is 5.82 Å². The molecular weight excluding hydrogens is 200 g/mol. The number of pyridine rings is 1. The number of anilines is 1. The van der Waals surface area contributed by atoms with Crippen molar-refractivity contribution >= 4 is 16.6 Å². The first kappa shape index (κ1) is 8.91. The van der Waals surface area contributed by atoms with Gasteiger partial charge in [0.15, 0.2) is 0 Å². The first-order valence-electron chi connectivity index (χ1n) is 4.97. The number of nitrogens with one attached hydrogen (secondary N) is 1. The van der Waals surface area contributed by atoms with Crippen molar-refractivity contribution in [1.29, 1.82) is 0 Å². The van der Waals surface area contributed by atoms with Crippen LogP contribution in [0.3, 0.4) is 0 Å². The summed E-state index contributed by atoms with van der Waals surface area (Å²) in [6.07, 6.45) is 5.36. The van der Waals surface area contributed by atoms with E-state index in [2.05, 4.69) is 21.2 Å². The third kappa shape index (κ3) is 1.32. The van der Waals surface area contributed by atoms with Crippen molar-refractivity contribution in [2.75, 3.05) is 5.73 Å². The van der Waals surface area contributed by atoms with Crippen LogP contribution in [0, 0.1) is 0 Å². The van der Waals surface area contributed by atoms with Gasteiger partial charge in [-0.15, -0.1) is 0 Å². The first-order valence-corrected chi connectivity index (χ1v) is 4.97. The summed E-state index contributed by atoms with van der Waals surface area (Å²) in [5.74, 6) is 0.591. The van der Waals surface area contributed by atoms with Gasteiger partial charge in [0, 0.05) is 23.3 Å². The van der Waals surface area contributed by atoms with Crippen molar-refractivity contribution < 1.29 is 0 Å². The van der Waals surface area contributed by atoms with Gasteiger partial charge in [-0.05, 0) is 23.1 Å². The van der Waals surface area contributed by atoms with Crippen LogP contribution in [0.25, 0.3) is 21.9 Å². The van der Waals surface area contributed by atoms with E-state index in [1.807, 2.05) is 24.4 Å². The number of nitrogens with zero attached hydrogens (tertiary/aromatic N) is 2. The summed E-state index contributed by atoms with van der Waals surface area (Å²) in [6.45, 7) is 0. The fourth-order valence-corrected chi connectivity index (χ4v) is 1.78. The number of aromatic amines is 1. The highest BCUT2D eigenvalue weighted by molar-refractivity contribution is 5.88.